The molecule has 2 N–H and O–H groups in total. The van der Waals surface area contributed by atoms with Gasteiger partial charge in [-0.2, -0.15) is 0 Å². The Bertz CT molecular complexity index is 1220. The minimum atomic E-state index is -1.16. The lowest BCUT2D eigenvalue weighted by atomic mass is 9.70. The highest BCUT2D eigenvalue weighted by molar-refractivity contribution is 6.03. The Morgan fingerprint density at radius 2 is 1.82 bits per heavy atom. The van der Waals surface area contributed by atoms with Crippen molar-refractivity contribution in [2.75, 3.05) is 36.5 Å². The molecule has 3 saturated heterocycles. The molecule has 1 spiro atoms. The second-order valence-electron chi connectivity index (χ2n) is 10.8. The van der Waals surface area contributed by atoms with E-state index in [0.717, 1.165) is 24.3 Å². The Morgan fingerprint density at radius 3 is 2.45 bits per heavy atom. The Kier molecular flexibility index (Phi) is 8.14. The fourth-order valence-electron chi connectivity index (χ4n) is 6.98. The van der Waals surface area contributed by atoms with Crippen LogP contribution in [0.1, 0.15) is 39.2 Å². The number of carbonyl (C=O) groups is 3. The summed E-state index contributed by atoms with van der Waals surface area (Å²) in [5.74, 6) is -2.80. The Balaban J connectivity index is 1.49. The molecule has 0 saturated carbocycles. The summed E-state index contributed by atoms with van der Waals surface area (Å²) in [4.78, 5) is 45.0. The number of aliphatic hydroxyl groups is 1. The number of rotatable bonds is 11. The van der Waals surface area contributed by atoms with Crippen molar-refractivity contribution < 1.29 is 29.0 Å². The second-order valence-corrected chi connectivity index (χ2v) is 10.8. The zero-order chi connectivity index (χ0) is 28.4. The molecular weight excluding hydrogens is 510 g/mol. The number of benzene rings is 2. The largest absolute Gasteiger partial charge is 0.466 e. The minimum absolute atomic E-state index is 0.195. The Morgan fingerprint density at radius 1 is 1.12 bits per heavy atom. The predicted molar refractivity (Wildman–Crippen MR) is 151 cm³/mol. The summed E-state index contributed by atoms with van der Waals surface area (Å²) in [5, 5.41) is 13.5. The van der Waals surface area contributed by atoms with E-state index in [1.54, 1.807) is 6.92 Å². The van der Waals surface area contributed by atoms with Gasteiger partial charge in [0.25, 0.3) is 0 Å². The number of amides is 2. The third-order valence-corrected chi connectivity index (χ3v) is 8.73. The lowest BCUT2D eigenvalue weighted by Crippen LogP contribution is -2.56. The van der Waals surface area contributed by atoms with Crippen LogP contribution in [0.25, 0.3) is 0 Å². The van der Waals surface area contributed by atoms with Gasteiger partial charge in [0.05, 0.1) is 37.2 Å². The van der Waals surface area contributed by atoms with Gasteiger partial charge >= 0.3 is 5.97 Å². The van der Waals surface area contributed by atoms with Gasteiger partial charge in [-0.25, -0.2) is 0 Å². The van der Waals surface area contributed by atoms with E-state index in [1.807, 2.05) is 54.6 Å². The highest BCUT2D eigenvalue weighted by Gasteiger charge is 2.75. The van der Waals surface area contributed by atoms with Gasteiger partial charge in [0.1, 0.15) is 11.6 Å². The lowest BCUT2D eigenvalue weighted by Gasteiger charge is -2.36. The highest BCUT2D eigenvalue weighted by atomic mass is 16.6. The van der Waals surface area contributed by atoms with Crippen LogP contribution < -0.4 is 10.2 Å². The third kappa shape index (κ3) is 4.75. The number of aliphatic hydroxyl groups excluding tert-OH is 1. The molecule has 0 unspecified atom stereocenters. The van der Waals surface area contributed by atoms with Gasteiger partial charge in [0.2, 0.25) is 11.8 Å². The van der Waals surface area contributed by atoms with Gasteiger partial charge < -0.3 is 29.7 Å². The minimum Gasteiger partial charge on any atom is -0.466 e. The molecule has 214 valence electrons. The number of hydrogen-bond donors (Lipinski definition) is 2. The summed E-state index contributed by atoms with van der Waals surface area (Å²) in [6.07, 6.45) is 0.928. The standard InChI is InChI=1S/C31H39N3O6/c1-4-33(5-2)22-14-12-21(13-15-22)32-28(36)27-31-17-16-24(40-31)25(30(38)39-6-3)26(31)29(37)34(27)23(19-35)18-20-10-8-7-9-11-20/h7-15,23-27,35H,4-6,16-19H2,1-3H3,(H,32,36)/t23-,24+,25-,26-,27+,31-/m1/s1. The highest BCUT2D eigenvalue weighted by Crippen LogP contribution is 2.59. The molecule has 40 heavy (non-hydrogen) atoms. The topological polar surface area (TPSA) is 108 Å². The molecule has 9 nitrogen and oxygen atoms in total. The van der Waals surface area contributed by atoms with Gasteiger partial charge in [0, 0.05) is 24.5 Å². The first-order chi connectivity index (χ1) is 19.4. The van der Waals surface area contributed by atoms with E-state index in [4.69, 9.17) is 9.47 Å². The first kappa shape index (κ1) is 28.1. The van der Waals surface area contributed by atoms with E-state index in [2.05, 4.69) is 24.1 Å². The van der Waals surface area contributed by atoms with Crippen LogP contribution in [0.3, 0.4) is 0 Å². The van der Waals surface area contributed by atoms with Crippen LogP contribution in [-0.4, -0.2) is 77.9 Å². The molecule has 2 bridgehead atoms. The number of nitrogens with one attached hydrogen (secondary N) is 1. The lowest BCUT2D eigenvalue weighted by molar-refractivity contribution is -0.155. The molecule has 9 heteroatoms. The first-order valence-corrected chi connectivity index (χ1v) is 14.4. The molecule has 6 atom stereocenters. The van der Waals surface area contributed by atoms with Crippen molar-refractivity contribution in [1.29, 1.82) is 0 Å². The fraction of sp³-hybridized carbons (Fsp3) is 0.516. The molecule has 3 fully saturated rings. The summed E-state index contributed by atoms with van der Waals surface area (Å²) in [6.45, 7) is 7.51. The zero-order valence-electron chi connectivity index (χ0n) is 23.4. The van der Waals surface area contributed by atoms with Crippen LogP contribution in [0, 0.1) is 11.8 Å². The van der Waals surface area contributed by atoms with Crippen molar-refractivity contribution >= 4 is 29.2 Å². The van der Waals surface area contributed by atoms with E-state index >= 15 is 0 Å². The number of esters is 1. The summed E-state index contributed by atoms with van der Waals surface area (Å²) in [5.41, 5.74) is 1.43. The molecule has 2 amide bonds. The fourth-order valence-corrected chi connectivity index (χ4v) is 6.98. The van der Waals surface area contributed by atoms with Gasteiger partial charge in [-0.1, -0.05) is 30.3 Å². The van der Waals surface area contributed by atoms with E-state index < -0.39 is 41.6 Å². The monoisotopic (exact) mass is 549 g/mol. The summed E-state index contributed by atoms with van der Waals surface area (Å²) < 4.78 is 11.8. The smallest absolute Gasteiger partial charge is 0.312 e. The molecular formula is C31H39N3O6. The van der Waals surface area contributed by atoms with Gasteiger partial charge in [-0.05, 0) is 69.9 Å². The van der Waals surface area contributed by atoms with Gasteiger partial charge in [-0.15, -0.1) is 0 Å². The van der Waals surface area contributed by atoms with Crippen molar-refractivity contribution in [3.8, 4) is 0 Å². The van der Waals surface area contributed by atoms with Crippen LogP contribution in [0.15, 0.2) is 54.6 Å². The summed E-state index contributed by atoms with van der Waals surface area (Å²) in [6, 6.07) is 15.5. The number of hydrogen-bond acceptors (Lipinski definition) is 7. The maximum absolute atomic E-state index is 14.2. The van der Waals surface area contributed by atoms with Crippen molar-refractivity contribution in [2.45, 2.75) is 63.8 Å². The van der Waals surface area contributed by atoms with Crippen LogP contribution in [0.4, 0.5) is 11.4 Å². The van der Waals surface area contributed by atoms with E-state index in [1.165, 1.54) is 4.90 Å². The van der Waals surface area contributed by atoms with E-state index in [9.17, 15) is 19.5 Å². The number of carbonyl (C=O) groups excluding carboxylic acids is 3. The van der Waals surface area contributed by atoms with Crippen LogP contribution in [-0.2, 0) is 30.3 Å². The molecule has 0 aromatic heterocycles. The maximum Gasteiger partial charge on any atom is 0.312 e. The second kappa shape index (κ2) is 11.6. The maximum atomic E-state index is 14.2. The van der Waals surface area contributed by atoms with Crippen molar-refractivity contribution in [1.82, 2.24) is 4.90 Å². The Hall–Kier alpha value is -3.43. The molecule has 0 radical (unpaired) electrons. The molecule has 3 heterocycles. The van der Waals surface area contributed by atoms with Crippen molar-refractivity contribution in [3.63, 3.8) is 0 Å². The Labute approximate surface area is 235 Å². The van der Waals surface area contributed by atoms with Gasteiger partial charge in [-0.3, -0.25) is 14.4 Å². The zero-order valence-corrected chi connectivity index (χ0v) is 23.4. The molecule has 2 aromatic carbocycles. The normalized spacial score (nSPS) is 27.4. The summed E-state index contributed by atoms with van der Waals surface area (Å²) >= 11 is 0. The van der Waals surface area contributed by atoms with Crippen molar-refractivity contribution in [2.24, 2.45) is 11.8 Å². The SMILES string of the molecule is CCOC(=O)[C@@H]1[C@@H]2CC[C@]3(O2)[C@H](C(=O)Nc2ccc(N(CC)CC)cc2)N([C@@H](CO)Cc2ccccc2)C(=O)[C@@H]13. The van der Waals surface area contributed by atoms with Crippen LogP contribution >= 0.6 is 0 Å². The van der Waals surface area contributed by atoms with Crippen molar-refractivity contribution in [3.05, 3.63) is 60.2 Å². The van der Waals surface area contributed by atoms with Crippen LogP contribution in [0.5, 0.6) is 0 Å². The quantitative estimate of drug-likeness (QED) is 0.415. The number of anilines is 2. The molecule has 5 rings (SSSR count). The third-order valence-electron chi connectivity index (χ3n) is 8.73. The first-order valence-electron chi connectivity index (χ1n) is 14.4. The average Bonchev–Trinajstić information content (AvgIpc) is 3.61. The molecule has 3 aliphatic rings. The number of fused-ring (bicyclic) bond motifs is 1. The van der Waals surface area contributed by atoms with Gasteiger partial charge in [0.15, 0.2) is 0 Å². The molecule has 3 aliphatic heterocycles. The number of likely N-dealkylation sites (tertiary alicyclic amines) is 1. The van der Waals surface area contributed by atoms with E-state index in [-0.39, 0.29) is 25.0 Å². The van der Waals surface area contributed by atoms with Crippen LogP contribution in [0.2, 0.25) is 0 Å². The number of ether oxygens (including phenoxy) is 2. The average molecular weight is 550 g/mol. The molecule has 2 aromatic rings. The van der Waals surface area contributed by atoms with E-state index in [0.29, 0.717) is 24.9 Å². The summed E-state index contributed by atoms with van der Waals surface area (Å²) in [7, 11) is 0. The molecule has 0 aliphatic carbocycles. The number of nitrogens with zero attached hydrogens (tertiary/aromatic N) is 2. The predicted octanol–water partition coefficient (Wildman–Crippen LogP) is 3.01.